The molecule has 0 amide bonds. The average molecular weight is 471 g/mol. The molecule has 0 bridgehead atoms. The smallest absolute Gasteiger partial charge is 0.150 e. The van der Waals surface area contributed by atoms with E-state index >= 15 is 0 Å². The molecule has 2 fully saturated rings. The highest BCUT2D eigenvalue weighted by Gasteiger charge is 2.25. The van der Waals surface area contributed by atoms with Crippen LogP contribution in [0.1, 0.15) is 38.0 Å². The van der Waals surface area contributed by atoms with Gasteiger partial charge in [0.1, 0.15) is 17.0 Å². The quantitative estimate of drug-likeness (QED) is 0.424. The van der Waals surface area contributed by atoms with Crippen molar-refractivity contribution in [3.05, 3.63) is 54.5 Å². The Labute approximate surface area is 204 Å². The maximum Gasteiger partial charge on any atom is 0.150 e. The van der Waals surface area contributed by atoms with E-state index in [1.165, 1.54) is 0 Å². The second kappa shape index (κ2) is 9.36. The molecule has 0 radical (unpaired) electrons. The van der Waals surface area contributed by atoms with Crippen LogP contribution >= 0.6 is 0 Å². The number of aromatic nitrogens is 5. The predicted octanol–water partition coefficient (Wildman–Crippen LogP) is 4.79. The van der Waals surface area contributed by atoms with Gasteiger partial charge >= 0.3 is 0 Å². The molecule has 2 saturated heterocycles. The third-order valence-corrected chi connectivity index (χ3v) is 6.98. The van der Waals surface area contributed by atoms with Crippen LogP contribution in [0.25, 0.3) is 33.5 Å². The monoisotopic (exact) mass is 470 g/mol. The Balaban J connectivity index is 1.58. The van der Waals surface area contributed by atoms with E-state index in [1.807, 2.05) is 41.5 Å². The first kappa shape index (κ1) is 22.1. The van der Waals surface area contributed by atoms with Crippen LogP contribution in [0.2, 0.25) is 0 Å². The molecular formula is C27H30N6O2. The van der Waals surface area contributed by atoms with Gasteiger partial charge in [-0.1, -0.05) is 6.07 Å². The lowest BCUT2D eigenvalue weighted by Crippen LogP contribution is -2.44. The lowest BCUT2D eigenvalue weighted by Gasteiger charge is -2.34. The Morgan fingerprint density at radius 2 is 1.91 bits per heavy atom. The molecule has 8 nitrogen and oxygen atoms in total. The SMILES string of the molecule is Cc1cccnc1-c1cc(N2CCOCC2C)nc2c(-c3ccnn3C3CCCCO3)nccc12. The topological polar surface area (TPSA) is 78.2 Å². The summed E-state index contributed by atoms with van der Waals surface area (Å²) in [5, 5.41) is 5.65. The Kier molecular flexibility index (Phi) is 5.91. The number of hydrogen-bond acceptors (Lipinski definition) is 7. The fraction of sp³-hybridized carbons (Fsp3) is 0.407. The van der Waals surface area contributed by atoms with Gasteiger partial charge < -0.3 is 14.4 Å². The first-order valence-electron chi connectivity index (χ1n) is 12.4. The van der Waals surface area contributed by atoms with Gasteiger partial charge in [-0.2, -0.15) is 5.10 Å². The molecule has 180 valence electrons. The Morgan fingerprint density at radius 1 is 1.00 bits per heavy atom. The van der Waals surface area contributed by atoms with E-state index in [0.29, 0.717) is 13.2 Å². The minimum absolute atomic E-state index is 0.0780. The van der Waals surface area contributed by atoms with Crippen molar-refractivity contribution in [2.75, 3.05) is 31.3 Å². The molecule has 0 saturated carbocycles. The van der Waals surface area contributed by atoms with Gasteiger partial charge in [-0.05, 0) is 62.9 Å². The van der Waals surface area contributed by atoms with Crippen molar-refractivity contribution >= 4 is 16.7 Å². The van der Waals surface area contributed by atoms with E-state index < -0.39 is 0 Å². The molecule has 35 heavy (non-hydrogen) atoms. The van der Waals surface area contributed by atoms with Crippen LogP contribution in [0.15, 0.2) is 48.9 Å². The molecule has 2 aliphatic rings. The average Bonchev–Trinajstić information content (AvgIpc) is 3.39. The van der Waals surface area contributed by atoms with Crippen LogP contribution in [0.3, 0.4) is 0 Å². The third-order valence-electron chi connectivity index (χ3n) is 6.98. The minimum Gasteiger partial charge on any atom is -0.377 e. The Hall–Kier alpha value is -3.36. The number of rotatable bonds is 4. The fourth-order valence-electron chi connectivity index (χ4n) is 5.15. The summed E-state index contributed by atoms with van der Waals surface area (Å²) in [5.41, 5.74) is 5.73. The number of nitrogens with zero attached hydrogens (tertiary/aromatic N) is 6. The van der Waals surface area contributed by atoms with E-state index in [9.17, 15) is 0 Å². The van der Waals surface area contributed by atoms with Crippen molar-refractivity contribution in [2.45, 2.75) is 45.4 Å². The minimum atomic E-state index is -0.0780. The van der Waals surface area contributed by atoms with Gasteiger partial charge in [-0.15, -0.1) is 0 Å². The van der Waals surface area contributed by atoms with Crippen molar-refractivity contribution in [2.24, 2.45) is 0 Å². The van der Waals surface area contributed by atoms with Gasteiger partial charge in [0, 0.05) is 42.7 Å². The van der Waals surface area contributed by atoms with E-state index in [4.69, 9.17) is 24.4 Å². The van der Waals surface area contributed by atoms with E-state index in [-0.39, 0.29) is 12.3 Å². The number of fused-ring (bicyclic) bond motifs is 1. The lowest BCUT2D eigenvalue weighted by molar-refractivity contribution is -0.0383. The molecule has 2 atom stereocenters. The van der Waals surface area contributed by atoms with Gasteiger partial charge in [-0.25, -0.2) is 9.67 Å². The highest BCUT2D eigenvalue weighted by atomic mass is 16.5. The highest BCUT2D eigenvalue weighted by molar-refractivity contribution is 6.01. The molecule has 2 unspecified atom stereocenters. The highest BCUT2D eigenvalue weighted by Crippen LogP contribution is 2.37. The van der Waals surface area contributed by atoms with Crippen LogP contribution in [-0.4, -0.2) is 57.1 Å². The van der Waals surface area contributed by atoms with Gasteiger partial charge in [0.2, 0.25) is 0 Å². The Bertz CT molecular complexity index is 1350. The van der Waals surface area contributed by atoms with Crippen molar-refractivity contribution in [1.82, 2.24) is 24.7 Å². The zero-order chi connectivity index (χ0) is 23.8. The van der Waals surface area contributed by atoms with Gasteiger partial charge in [0.05, 0.1) is 30.6 Å². The van der Waals surface area contributed by atoms with Crippen LogP contribution in [0, 0.1) is 6.92 Å². The summed E-state index contributed by atoms with van der Waals surface area (Å²) in [4.78, 5) is 17.1. The van der Waals surface area contributed by atoms with Crippen LogP contribution < -0.4 is 4.90 Å². The lowest BCUT2D eigenvalue weighted by atomic mass is 10.0. The zero-order valence-electron chi connectivity index (χ0n) is 20.2. The summed E-state index contributed by atoms with van der Waals surface area (Å²) in [6, 6.07) is 10.5. The maximum absolute atomic E-state index is 6.06. The third kappa shape index (κ3) is 4.06. The van der Waals surface area contributed by atoms with Gasteiger partial charge in [-0.3, -0.25) is 9.97 Å². The summed E-state index contributed by atoms with van der Waals surface area (Å²) < 4.78 is 13.7. The van der Waals surface area contributed by atoms with Gasteiger partial charge in [0.15, 0.2) is 6.23 Å². The number of pyridine rings is 3. The molecule has 8 heteroatoms. The van der Waals surface area contributed by atoms with Gasteiger partial charge in [0.25, 0.3) is 0 Å². The zero-order valence-corrected chi connectivity index (χ0v) is 20.2. The summed E-state index contributed by atoms with van der Waals surface area (Å²) in [6.45, 7) is 7.20. The molecule has 0 aliphatic carbocycles. The largest absolute Gasteiger partial charge is 0.377 e. The van der Waals surface area contributed by atoms with Crippen LogP contribution in [0.5, 0.6) is 0 Å². The van der Waals surface area contributed by atoms with Crippen molar-refractivity contribution in [1.29, 1.82) is 0 Å². The molecule has 4 aromatic heterocycles. The predicted molar refractivity (Wildman–Crippen MR) is 135 cm³/mol. The molecule has 4 aromatic rings. The van der Waals surface area contributed by atoms with Crippen molar-refractivity contribution < 1.29 is 9.47 Å². The summed E-state index contributed by atoms with van der Waals surface area (Å²) in [6.07, 6.45) is 8.63. The number of ether oxygens (including phenoxy) is 2. The molecule has 6 heterocycles. The van der Waals surface area contributed by atoms with Crippen molar-refractivity contribution in [3.63, 3.8) is 0 Å². The number of hydrogen-bond donors (Lipinski definition) is 0. The standard InChI is InChI=1S/C27H30N6O2/c1-18-6-5-10-28-25(18)21-16-23(32-13-15-34-17-19(32)2)31-26-20(21)8-11-29-27(26)22-9-12-30-33(22)24-7-3-4-14-35-24/h5-6,8-12,16,19,24H,3-4,7,13-15,17H2,1-2H3. The molecule has 0 N–H and O–H groups in total. The second-order valence-corrected chi connectivity index (χ2v) is 9.35. The van der Waals surface area contributed by atoms with E-state index in [1.54, 1.807) is 0 Å². The summed E-state index contributed by atoms with van der Waals surface area (Å²) in [5.74, 6) is 0.919. The molecular weight excluding hydrogens is 440 g/mol. The number of morpholine rings is 1. The molecule has 0 spiro atoms. The molecule has 0 aromatic carbocycles. The normalized spacial score (nSPS) is 20.9. The van der Waals surface area contributed by atoms with Crippen molar-refractivity contribution in [3.8, 4) is 22.6 Å². The number of anilines is 1. The maximum atomic E-state index is 6.06. The van der Waals surface area contributed by atoms with Crippen LogP contribution in [0.4, 0.5) is 5.82 Å². The summed E-state index contributed by atoms with van der Waals surface area (Å²) >= 11 is 0. The fourth-order valence-corrected chi connectivity index (χ4v) is 5.15. The Morgan fingerprint density at radius 3 is 2.74 bits per heavy atom. The second-order valence-electron chi connectivity index (χ2n) is 9.35. The van der Waals surface area contributed by atoms with Crippen LogP contribution in [-0.2, 0) is 9.47 Å². The number of aryl methyl sites for hydroxylation is 1. The first-order valence-corrected chi connectivity index (χ1v) is 12.4. The summed E-state index contributed by atoms with van der Waals surface area (Å²) in [7, 11) is 0. The first-order chi connectivity index (χ1) is 17.2. The van der Waals surface area contributed by atoms with E-state index in [0.717, 1.165) is 77.3 Å². The molecule has 2 aliphatic heterocycles. The van der Waals surface area contributed by atoms with E-state index in [2.05, 4.69) is 36.0 Å². The molecule has 6 rings (SSSR count).